The summed E-state index contributed by atoms with van der Waals surface area (Å²) in [6, 6.07) is 13.4. The van der Waals surface area contributed by atoms with Gasteiger partial charge in [-0.1, -0.05) is 61.3 Å². The molecule has 0 aliphatic rings. The van der Waals surface area contributed by atoms with Gasteiger partial charge in [0, 0.05) is 11.1 Å². The Balaban J connectivity index is 2.38. The summed E-state index contributed by atoms with van der Waals surface area (Å²) in [4.78, 5) is 12.6. The summed E-state index contributed by atoms with van der Waals surface area (Å²) >= 11 is 6.42. The summed E-state index contributed by atoms with van der Waals surface area (Å²) in [6.07, 6.45) is 3.12. The van der Waals surface area contributed by atoms with E-state index in [1.165, 1.54) is 0 Å². The molecule has 2 aromatic carbocycles. The zero-order valence-electron chi connectivity index (χ0n) is 11.9. The monoisotopic (exact) mass is 286 g/mol. The van der Waals surface area contributed by atoms with E-state index >= 15 is 0 Å². The molecule has 0 unspecified atom stereocenters. The largest absolute Gasteiger partial charge is 0.289 e. The molecule has 2 rings (SSSR count). The summed E-state index contributed by atoms with van der Waals surface area (Å²) in [5, 5.41) is 0.606. The minimum Gasteiger partial charge on any atom is -0.289 e. The van der Waals surface area contributed by atoms with Crippen molar-refractivity contribution in [2.24, 2.45) is 0 Å². The van der Waals surface area contributed by atoms with Crippen LogP contribution in [0.5, 0.6) is 0 Å². The van der Waals surface area contributed by atoms with Crippen molar-refractivity contribution in [2.45, 2.75) is 33.1 Å². The number of rotatable bonds is 5. The molecule has 104 valence electrons. The number of unbranched alkanes of at least 4 members (excludes halogenated alkanes) is 1. The highest BCUT2D eigenvalue weighted by Gasteiger charge is 2.16. The van der Waals surface area contributed by atoms with Crippen molar-refractivity contribution in [3.63, 3.8) is 0 Å². The van der Waals surface area contributed by atoms with Gasteiger partial charge in [-0.15, -0.1) is 0 Å². The maximum absolute atomic E-state index is 12.6. The van der Waals surface area contributed by atoms with E-state index in [1.807, 2.05) is 49.4 Å². The van der Waals surface area contributed by atoms with E-state index in [0.29, 0.717) is 10.6 Å². The van der Waals surface area contributed by atoms with Crippen LogP contribution < -0.4 is 0 Å². The SMILES string of the molecule is CCCCc1cccc(C(=O)c2ccccc2C)c1Cl. The van der Waals surface area contributed by atoms with Gasteiger partial charge in [0.1, 0.15) is 0 Å². The first-order chi connectivity index (χ1) is 9.65. The number of hydrogen-bond donors (Lipinski definition) is 0. The Morgan fingerprint density at radius 3 is 2.45 bits per heavy atom. The number of aryl methyl sites for hydroxylation is 2. The molecule has 0 saturated carbocycles. The fourth-order valence-corrected chi connectivity index (χ4v) is 2.59. The van der Waals surface area contributed by atoms with Crippen LogP contribution in [0.25, 0.3) is 0 Å². The van der Waals surface area contributed by atoms with E-state index in [2.05, 4.69) is 6.92 Å². The molecule has 0 N–H and O–H groups in total. The predicted octanol–water partition coefficient (Wildman–Crippen LogP) is 5.22. The lowest BCUT2D eigenvalue weighted by molar-refractivity contribution is 0.103. The van der Waals surface area contributed by atoms with Gasteiger partial charge in [-0.25, -0.2) is 0 Å². The number of benzene rings is 2. The Hall–Kier alpha value is -1.60. The summed E-state index contributed by atoms with van der Waals surface area (Å²) < 4.78 is 0. The fourth-order valence-electron chi connectivity index (χ4n) is 2.29. The molecule has 0 aliphatic carbocycles. The predicted molar refractivity (Wildman–Crippen MR) is 84.7 cm³/mol. The molecule has 0 heterocycles. The summed E-state index contributed by atoms with van der Waals surface area (Å²) in [5.41, 5.74) is 3.37. The lowest BCUT2D eigenvalue weighted by Gasteiger charge is -2.10. The maximum atomic E-state index is 12.6. The Kier molecular flexibility index (Phi) is 4.97. The number of carbonyl (C=O) groups is 1. The average Bonchev–Trinajstić information content (AvgIpc) is 2.46. The highest BCUT2D eigenvalue weighted by molar-refractivity contribution is 6.35. The van der Waals surface area contributed by atoms with E-state index < -0.39 is 0 Å². The third-order valence-corrected chi connectivity index (χ3v) is 3.96. The highest BCUT2D eigenvalue weighted by Crippen LogP contribution is 2.26. The van der Waals surface area contributed by atoms with Crippen LogP contribution in [-0.4, -0.2) is 5.78 Å². The van der Waals surface area contributed by atoms with Crippen LogP contribution in [-0.2, 0) is 6.42 Å². The molecule has 20 heavy (non-hydrogen) atoms. The van der Waals surface area contributed by atoms with Crippen LogP contribution in [0.4, 0.5) is 0 Å². The molecular formula is C18H19ClO. The lowest BCUT2D eigenvalue weighted by atomic mass is 9.96. The van der Waals surface area contributed by atoms with Gasteiger partial charge in [-0.2, -0.15) is 0 Å². The molecule has 0 radical (unpaired) electrons. The quantitative estimate of drug-likeness (QED) is 0.689. The van der Waals surface area contributed by atoms with Crippen molar-refractivity contribution in [2.75, 3.05) is 0 Å². The zero-order chi connectivity index (χ0) is 14.5. The molecule has 0 fully saturated rings. The van der Waals surface area contributed by atoms with Crippen LogP contribution in [0.3, 0.4) is 0 Å². The van der Waals surface area contributed by atoms with Crippen molar-refractivity contribution in [1.29, 1.82) is 0 Å². The Bertz CT molecular complexity index is 617. The van der Waals surface area contributed by atoms with Crippen LogP contribution in [0.15, 0.2) is 42.5 Å². The molecule has 2 aromatic rings. The second kappa shape index (κ2) is 6.71. The first-order valence-electron chi connectivity index (χ1n) is 7.03. The number of hydrogen-bond acceptors (Lipinski definition) is 1. The lowest BCUT2D eigenvalue weighted by Crippen LogP contribution is -2.05. The number of halogens is 1. The molecule has 0 bridgehead atoms. The minimum absolute atomic E-state index is 0.00597. The Labute approximate surface area is 125 Å². The summed E-state index contributed by atoms with van der Waals surface area (Å²) in [6.45, 7) is 4.10. The number of ketones is 1. The average molecular weight is 287 g/mol. The zero-order valence-corrected chi connectivity index (χ0v) is 12.7. The van der Waals surface area contributed by atoms with Gasteiger partial charge in [-0.05, 0) is 37.0 Å². The van der Waals surface area contributed by atoms with Gasteiger partial charge in [0.25, 0.3) is 0 Å². The second-order valence-corrected chi connectivity index (χ2v) is 5.40. The van der Waals surface area contributed by atoms with Crippen LogP contribution in [0.2, 0.25) is 5.02 Å². The molecule has 0 aromatic heterocycles. The summed E-state index contributed by atoms with van der Waals surface area (Å²) in [5.74, 6) is 0.00597. The van der Waals surface area contributed by atoms with E-state index in [4.69, 9.17) is 11.6 Å². The molecule has 0 amide bonds. The topological polar surface area (TPSA) is 17.1 Å². The summed E-state index contributed by atoms with van der Waals surface area (Å²) in [7, 11) is 0. The molecule has 1 nitrogen and oxygen atoms in total. The molecular weight excluding hydrogens is 268 g/mol. The van der Waals surface area contributed by atoms with Gasteiger partial charge in [-0.3, -0.25) is 4.79 Å². The van der Waals surface area contributed by atoms with Crippen LogP contribution >= 0.6 is 11.6 Å². The Morgan fingerprint density at radius 1 is 1.05 bits per heavy atom. The van der Waals surface area contributed by atoms with Crippen molar-refractivity contribution in [1.82, 2.24) is 0 Å². The van der Waals surface area contributed by atoms with E-state index in [9.17, 15) is 4.79 Å². The molecule has 0 saturated heterocycles. The van der Waals surface area contributed by atoms with Gasteiger partial charge in [0.2, 0.25) is 0 Å². The maximum Gasteiger partial charge on any atom is 0.194 e. The normalized spacial score (nSPS) is 10.6. The van der Waals surface area contributed by atoms with E-state index in [1.54, 1.807) is 0 Å². The van der Waals surface area contributed by atoms with Crippen molar-refractivity contribution >= 4 is 17.4 Å². The fraction of sp³-hybridized carbons (Fsp3) is 0.278. The molecule has 0 aliphatic heterocycles. The van der Waals surface area contributed by atoms with Gasteiger partial charge < -0.3 is 0 Å². The molecule has 2 heteroatoms. The standard InChI is InChI=1S/C18H19ClO/c1-3-4-9-14-10-7-12-16(17(14)19)18(20)15-11-6-5-8-13(15)2/h5-8,10-12H,3-4,9H2,1-2H3. The third kappa shape index (κ3) is 3.10. The molecule has 0 spiro atoms. The second-order valence-electron chi connectivity index (χ2n) is 5.03. The molecule has 0 atom stereocenters. The van der Waals surface area contributed by atoms with E-state index in [0.717, 1.165) is 36.0 Å². The first kappa shape index (κ1) is 14.8. The third-order valence-electron chi connectivity index (χ3n) is 3.51. The van der Waals surface area contributed by atoms with Crippen molar-refractivity contribution < 1.29 is 4.79 Å². The van der Waals surface area contributed by atoms with E-state index in [-0.39, 0.29) is 5.78 Å². The van der Waals surface area contributed by atoms with Crippen molar-refractivity contribution in [3.05, 3.63) is 69.7 Å². The van der Waals surface area contributed by atoms with Gasteiger partial charge in [0.05, 0.1) is 5.02 Å². The van der Waals surface area contributed by atoms with Crippen molar-refractivity contribution in [3.8, 4) is 0 Å². The van der Waals surface area contributed by atoms with Gasteiger partial charge in [0.15, 0.2) is 5.78 Å². The van der Waals surface area contributed by atoms with Crippen LogP contribution in [0, 0.1) is 6.92 Å². The highest BCUT2D eigenvalue weighted by atomic mass is 35.5. The number of carbonyl (C=O) groups excluding carboxylic acids is 1. The van der Waals surface area contributed by atoms with Gasteiger partial charge >= 0.3 is 0 Å². The van der Waals surface area contributed by atoms with Crippen LogP contribution in [0.1, 0.15) is 46.8 Å². The first-order valence-corrected chi connectivity index (χ1v) is 7.40. The Morgan fingerprint density at radius 2 is 1.75 bits per heavy atom. The smallest absolute Gasteiger partial charge is 0.194 e. The minimum atomic E-state index is 0.00597.